The molecular weight excluding hydrogens is 314 g/mol. The SMILES string of the molecule is CO[C@]1(O)C=C[C@@]23c4cc5c(cc4[C@@H](O)N(C[C@H]2O)[C@H]3C1)OCO5. The van der Waals surface area contributed by atoms with Crippen molar-refractivity contribution in [3.05, 3.63) is 35.4 Å². The van der Waals surface area contributed by atoms with Crippen LogP contribution in [0.1, 0.15) is 23.8 Å². The zero-order valence-electron chi connectivity index (χ0n) is 13.2. The Labute approximate surface area is 138 Å². The maximum Gasteiger partial charge on any atom is 0.231 e. The van der Waals surface area contributed by atoms with Gasteiger partial charge in [-0.1, -0.05) is 6.08 Å². The summed E-state index contributed by atoms with van der Waals surface area (Å²) >= 11 is 0. The topological polar surface area (TPSA) is 91.6 Å². The van der Waals surface area contributed by atoms with Crippen molar-refractivity contribution >= 4 is 0 Å². The fraction of sp³-hybridized carbons (Fsp3) is 0.529. The molecule has 3 heterocycles. The molecule has 7 nitrogen and oxygen atoms in total. The van der Waals surface area contributed by atoms with Crippen LogP contribution in [0, 0.1) is 0 Å². The van der Waals surface area contributed by atoms with Gasteiger partial charge in [0.25, 0.3) is 0 Å². The maximum atomic E-state index is 10.8. The lowest BCUT2D eigenvalue weighted by atomic mass is 9.64. The molecule has 0 radical (unpaired) electrons. The van der Waals surface area contributed by atoms with Crippen LogP contribution < -0.4 is 9.47 Å². The Morgan fingerprint density at radius 3 is 2.71 bits per heavy atom. The molecule has 1 saturated heterocycles. The minimum atomic E-state index is -1.40. The number of fused-ring (bicyclic) bond motifs is 2. The number of aliphatic hydroxyl groups excluding tert-OH is 2. The largest absolute Gasteiger partial charge is 0.454 e. The predicted molar refractivity (Wildman–Crippen MR) is 81.4 cm³/mol. The van der Waals surface area contributed by atoms with Crippen molar-refractivity contribution < 1.29 is 29.5 Å². The monoisotopic (exact) mass is 333 g/mol. The predicted octanol–water partition coefficient (Wildman–Crippen LogP) is -0.00240. The first kappa shape index (κ1) is 14.7. The molecule has 3 N–H and O–H groups in total. The van der Waals surface area contributed by atoms with Crippen LogP contribution in [0.3, 0.4) is 0 Å². The third-order valence-corrected chi connectivity index (χ3v) is 5.95. The van der Waals surface area contributed by atoms with Crippen LogP contribution in [0.15, 0.2) is 24.3 Å². The normalized spacial score (nSPS) is 44.3. The van der Waals surface area contributed by atoms with Gasteiger partial charge in [0.15, 0.2) is 17.3 Å². The van der Waals surface area contributed by atoms with Gasteiger partial charge in [-0.05, 0) is 23.8 Å². The van der Waals surface area contributed by atoms with E-state index >= 15 is 0 Å². The maximum absolute atomic E-state index is 10.8. The quantitative estimate of drug-likeness (QED) is 0.492. The third kappa shape index (κ3) is 1.59. The first-order valence-corrected chi connectivity index (χ1v) is 8.02. The highest BCUT2D eigenvalue weighted by Gasteiger charge is 2.62. The number of nitrogens with zero attached hydrogens (tertiary/aromatic N) is 1. The summed E-state index contributed by atoms with van der Waals surface area (Å²) in [6.45, 7) is 0.466. The summed E-state index contributed by atoms with van der Waals surface area (Å²) in [7, 11) is 1.45. The molecule has 7 heteroatoms. The first-order valence-electron chi connectivity index (χ1n) is 8.02. The Kier molecular flexibility index (Phi) is 2.75. The van der Waals surface area contributed by atoms with Gasteiger partial charge in [0.2, 0.25) is 6.79 Å². The third-order valence-electron chi connectivity index (χ3n) is 5.95. The molecule has 6 atom stereocenters. The molecule has 0 amide bonds. The minimum Gasteiger partial charge on any atom is -0.454 e. The molecule has 24 heavy (non-hydrogen) atoms. The number of hydrogen-bond donors (Lipinski definition) is 3. The summed E-state index contributed by atoms with van der Waals surface area (Å²) in [6, 6.07) is 3.36. The van der Waals surface area contributed by atoms with Crippen molar-refractivity contribution in [1.29, 1.82) is 0 Å². The van der Waals surface area contributed by atoms with Gasteiger partial charge in [-0.15, -0.1) is 0 Å². The zero-order chi connectivity index (χ0) is 16.7. The molecule has 1 aliphatic carbocycles. The van der Waals surface area contributed by atoms with E-state index in [1.807, 2.05) is 17.0 Å². The highest BCUT2D eigenvalue weighted by molar-refractivity contribution is 5.57. The van der Waals surface area contributed by atoms with Crippen molar-refractivity contribution in [2.45, 2.75) is 36.0 Å². The number of hydrogen-bond acceptors (Lipinski definition) is 7. The number of rotatable bonds is 1. The molecule has 128 valence electrons. The summed E-state index contributed by atoms with van der Waals surface area (Å²) in [5.41, 5.74) is 0.819. The van der Waals surface area contributed by atoms with E-state index in [0.717, 1.165) is 5.56 Å². The number of benzene rings is 1. The van der Waals surface area contributed by atoms with Crippen LogP contribution in [0.2, 0.25) is 0 Å². The van der Waals surface area contributed by atoms with Crippen LogP contribution >= 0.6 is 0 Å². The van der Waals surface area contributed by atoms with Gasteiger partial charge in [0, 0.05) is 31.7 Å². The lowest BCUT2D eigenvalue weighted by Crippen LogP contribution is -2.56. The van der Waals surface area contributed by atoms with Crippen molar-refractivity contribution in [2.24, 2.45) is 0 Å². The van der Waals surface area contributed by atoms with E-state index in [9.17, 15) is 15.3 Å². The van der Waals surface area contributed by atoms with Gasteiger partial charge in [0.05, 0.1) is 11.5 Å². The van der Waals surface area contributed by atoms with E-state index in [-0.39, 0.29) is 19.3 Å². The zero-order valence-corrected chi connectivity index (χ0v) is 13.2. The van der Waals surface area contributed by atoms with Crippen molar-refractivity contribution in [2.75, 3.05) is 20.4 Å². The van der Waals surface area contributed by atoms with Crippen molar-refractivity contribution in [3.8, 4) is 11.5 Å². The van der Waals surface area contributed by atoms with E-state index in [2.05, 4.69) is 0 Å². The van der Waals surface area contributed by atoms with Gasteiger partial charge < -0.3 is 29.5 Å². The number of methoxy groups -OCH3 is 1. The lowest BCUT2D eigenvalue weighted by molar-refractivity contribution is -0.175. The van der Waals surface area contributed by atoms with Gasteiger partial charge in [-0.25, -0.2) is 0 Å². The summed E-state index contributed by atoms with van der Waals surface area (Å²) in [5, 5.41) is 32.2. The Morgan fingerprint density at radius 1 is 1.21 bits per heavy atom. The second-order valence-corrected chi connectivity index (χ2v) is 6.91. The fourth-order valence-corrected chi connectivity index (χ4v) is 4.69. The van der Waals surface area contributed by atoms with E-state index in [0.29, 0.717) is 23.6 Å². The Bertz CT molecular complexity index is 751. The van der Waals surface area contributed by atoms with Crippen LogP contribution in [0.25, 0.3) is 0 Å². The Morgan fingerprint density at radius 2 is 1.96 bits per heavy atom. The fourth-order valence-electron chi connectivity index (χ4n) is 4.69. The average Bonchev–Trinajstić information content (AvgIpc) is 3.13. The van der Waals surface area contributed by atoms with Crippen LogP contribution in [-0.4, -0.2) is 58.6 Å². The molecule has 3 aliphatic heterocycles. The Hall–Kier alpha value is -1.64. The number of ether oxygens (including phenoxy) is 3. The molecule has 0 saturated carbocycles. The summed E-state index contributed by atoms with van der Waals surface area (Å²) in [4.78, 5) is 1.82. The molecule has 5 rings (SSSR count). The standard InChI is InChI=1S/C17H19NO6/c1-22-16(21)2-3-17-10-5-12-11(23-8-24-12)4-9(10)15(20)18(7-14(17)19)13(17)6-16/h2-5,13-15,19-21H,6-8H2,1H3/t13-,14+,15+,16+,17-/m0/s1. The minimum absolute atomic E-state index is 0.149. The van der Waals surface area contributed by atoms with E-state index in [1.54, 1.807) is 12.1 Å². The number of aliphatic hydroxyl groups is 3. The van der Waals surface area contributed by atoms with Gasteiger partial charge in [-0.2, -0.15) is 0 Å². The average molecular weight is 333 g/mol. The summed E-state index contributed by atoms with van der Waals surface area (Å²) < 4.78 is 16.1. The van der Waals surface area contributed by atoms with Crippen LogP contribution in [-0.2, 0) is 10.2 Å². The smallest absolute Gasteiger partial charge is 0.231 e. The Balaban J connectivity index is 1.76. The van der Waals surface area contributed by atoms with Gasteiger partial charge in [0.1, 0.15) is 6.23 Å². The molecule has 1 aromatic rings. The first-order chi connectivity index (χ1) is 11.5. The summed E-state index contributed by atoms with van der Waals surface area (Å²) in [6.07, 6.45) is 2.11. The van der Waals surface area contributed by atoms with E-state index < -0.39 is 23.5 Å². The molecule has 0 aromatic heterocycles. The highest BCUT2D eigenvalue weighted by Crippen LogP contribution is 2.57. The van der Waals surface area contributed by atoms with Crippen molar-refractivity contribution in [1.82, 2.24) is 4.90 Å². The summed E-state index contributed by atoms with van der Waals surface area (Å²) in [5.74, 6) is -0.183. The lowest BCUT2D eigenvalue weighted by Gasteiger charge is -2.49. The van der Waals surface area contributed by atoms with E-state index in [1.165, 1.54) is 7.11 Å². The molecule has 0 spiro atoms. The second kappa shape index (κ2) is 4.50. The molecule has 1 unspecified atom stereocenters. The molecule has 1 aromatic carbocycles. The van der Waals surface area contributed by atoms with Gasteiger partial charge >= 0.3 is 0 Å². The molecule has 1 fully saturated rings. The van der Waals surface area contributed by atoms with Crippen LogP contribution in [0.5, 0.6) is 11.5 Å². The molecule has 4 aliphatic rings. The molecular formula is C17H19NO6. The molecule has 2 bridgehead atoms. The highest BCUT2D eigenvalue weighted by atomic mass is 16.7. The van der Waals surface area contributed by atoms with Gasteiger partial charge in [-0.3, -0.25) is 4.90 Å². The van der Waals surface area contributed by atoms with Crippen molar-refractivity contribution in [3.63, 3.8) is 0 Å². The van der Waals surface area contributed by atoms with E-state index in [4.69, 9.17) is 14.2 Å². The second-order valence-electron chi connectivity index (χ2n) is 6.91. The van der Waals surface area contributed by atoms with Crippen LogP contribution in [0.4, 0.5) is 0 Å².